The first kappa shape index (κ1) is 21.4. The number of imidazole rings is 1. The molecule has 0 radical (unpaired) electrons. The third kappa shape index (κ3) is 4.22. The molecule has 4 heterocycles. The third-order valence-corrected chi connectivity index (χ3v) is 8.53. The van der Waals surface area contributed by atoms with E-state index in [2.05, 4.69) is 68.7 Å². The van der Waals surface area contributed by atoms with Crippen LogP contribution in [-0.2, 0) is 11.5 Å². The van der Waals surface area contributed by atoms with Gasteiger partial charge < -0.3 is 4.40 Å². The Morgan fingerprint density at radius 3 is 2.56 bits per heavy atom. The van der Waals surface area contributed by atoms with Crippen LogP contribution in [-0.4, -0.2) is 29.1 Å². The number of benzene rings is 2. The molecule has 0 atom stereocenters. The van der Waals surface area contributed by atoms with E-state index in [1.165, 1.54) is 10.3 Å². The Bertz CT molecular complexity index is 1550. The average Bonchev–Trinajstić information content (AvgIpc) is 3.58. The lowest BCUT2D eigenvalue weighted by atomic mass is 10.3. The summed E-state index contributed by atoms with van der Waals surface area (Å²) in [5.74, 6) is 2.32. The van der Waals surface area contributed by atoms with Gasteiger partial charge in [-0.3, -0.25) is 4.57 Å². The molecule has 0 amide bonds. The van der Waals surface area contributed by atoms with E-state index >= 15 is 0 Å². The van der Waals surface area contributed by atoms with Crippen molar-refractivity contribution in [1.29, 1.82) is 0 Å². The maximum atomic E-state index is 4.81. The number of nitrogens with zero attached hydrogens (tertiary/aromatic N) is 6. The largest absolute Gasteiger partial charge is 0.307 e. The molecule has 0 unspecified atom stereocenters. The van der Waals surface area contributed by atoms with Gasteiger partial charge in [-0.15, -0.1) is 21.5 Å². The second kappa shape index (κ2) is 9.25. The zero-order chi connectivity index (χ0) is 22.9. The number of fused-ring (bicyclic) bond motifs is 2. The number of aryl methyl sites for hydroxylation is 1. The molecule has 0 aliphatic rings. The molecule has 0 saturated heterocycles. The van der Waals surface area contributed by atoms with Crippen molar-refractivity contribution < 1.29 is 0 Å². The van der Waals surface area contributed by atoms with E-state index in [1.807, 2.05) is 36.5 Å². The number of hydrogen-bond acceptors (Lipinski definition) is 7. The van der Waals surface area contributed by atoms with Crippen LogP contribution >= 0.6 is 34.9 Å². The lowest BCUT2D eigenvalue weighted by Crippen LogP contribution is -2.01. The highest BCUT2D eigenvalue weighted by Crippen LogP contribution is 2.33. The summed E-state index contributed by atoms with van der Waals surface area (Å²) in [6.45, 7) is 2.08. The monoisotopic (exact) mass is 500 g/mol. The van der Waals surface area contributed by atoms with E-state index in [1.54, 1.807) is 34.9 Å². The summed E-state index contributed by atoms with van der Waals surface area (Å²) in [5, 5.41) is 9.96. The smallest absolute Gasteiger partial charge is 0.196 e. The normalized spacial score (nSPS) is 11.6. The summed E-state index contributed by atoms with van der Waals surface area (Å²) in [5.41, 5.74) is 5.28. The SMILES string of the molecule is Cc1cccn2cc(CSc3nnc(CSc4nc5ccccc5s4)n3-c3ccccc3)nc12. The lowest BCUT2D eigenvalue weighted by molar-refractivity contribution is 0.864. The van der Waals surface area contributed by atoms with Crippen molar-refractivity contribution in [3.8, 4) is 5.69 Å². The molecule has 2 aromatic carbocycles. The van der Waals surface area contributed by atoms with Gasteiger partial charge in [-0.1, -0.05) is 59.9 Å². The van der Waals surface area contributed by atoms with Gasteiger partial charge in [-0.2, -0.15) is 0 Å². The van der Waals surface area contributed by atoms with Gasteiger partial charge in [0.15, 0.2) is 9.50 Å². The van der Waals surface area contributed by atoms with Crippen LogP contribution in [0.2, 0.25) is 0 Å². The van der Waals surface area contributed by atoms with Gasteiger partial charge in [0.25, 0.3) is 0 Å². The van der Waals surface area contributed by atoms with E-state index in [0.717, 1.165) is 43.6 Å². The Balaban J connectivity index is 1.26. The van der Waals surface area contributed by atoms with Crippen LogP contribution in [0.1, 0.15) is 17.1 Å². The highest BCUT2D eigenvalue weighted by molar-refractivity contribution is 8.00. The predicted octanol–water partition coefficient (Wildman–Crippen LogP) is 6.42. The van der Waals surface area contributed by atoms with Gasteiger partial charge in [-0.25, -0.2) is 9.97 Å². The molecule has 0 fully saturated rings. The van der Waals surface area contributed by atoms with Gasteiger partial charge in [0.2, 0.25) is 0 Å². The van der Waals surface area contributed by atoms with Gasteiger partial charge in [0, 0.05) is 23.8 Å². The first-order valence-corrected chi connectivity index (χ1v) is 13.6. The minimum Gasteiger partial charge on any atom is -0.307 e. The van der Waals surface area contributed by atoms with Crippen LogP contribution in [0.25, 0.3) is 21.6 Å². The zero-order valence-electron chi connectivity index (χ0n) is 18.3. The molecule has 6 aromatic rings. The Morgan fingerprint density at radius 1 is 0.853 bits per heavy atom. The fourth-order valence-corrected chi connectivity index (χ4v) is 6.61. The van der Waals surface area contributed by atoms with Crippen molar-refractivity contribution in [3.63, 3.8) is 0 Å². The number of pyridine rings is 1. The Morgan fingerprint density at radius 2 is 1.71 bits per heavy atom. The summed E-state index contributed by atoms with van der Waals surface area (Å²) in [6.07, 6.45) is 4.12. The fraction of sp³-hybridized carbons (Fsp3) is 0.120. The van der Waals surface area contributed by atoms with E-state index in [0.29, 0.717) is 5.75 Å². The van der Waals surface area contributed by atoms with Gasteiger partial charge >= 0.3 is 0 Å². The first-order valence-electron chi connectivity index (χ1n) is 10.8. The molecular weight excluding hydrogens is 481 g/mol. The molecule has 0 spiro atoms. The summed E-state index contributed by atoms with van der Waals surface area (Å²) < 4.78 is 6.46. The van der Waals surface area contributed by atoms with Gasteiger partial charge in [-0.05, 0) is 42.8 Å². The van der Waals surface area contributed by atoms with E-state index in [-0.39, 0.29) is 0 Å². The van der Waals surface area contributed by atoms with Crippen LogP contribution in [0.5, 0.6) is 0 Å². The molecule has 0 aliphatic heterocycles. The molecule has 6 rings (SSSR count). The van der Waals surface area contributed by atoms with Crippen LogP contribution in [0.4, 0.5) is 0 Å². The quantitative estimate of drug-likeness (QED) is 0.236. The van der Waals surface area contributed by atoms with Crippen LogP contribution in [0, 0.1) is 6.92 Å². The Kier molecular flexibility index (Phi) is 5.82. The van der Waals surface area contributed by atoms with Crippen molar-refractivity contribution >= 4 is 50.7 Å². The van der Waals surface area contributed by atoms with Crippen LogP contribution in [0.15, 0.2) is 88.6 Å². The number of para-hydroxylation sites is 2. The standard InChI is InChI=1S/C25H20N6S3/c1-17-8-7-13-30-14-18(26-23(17)30)15-32-24-29-28-22(31(24)19-9-3-2-4-10-19)16-33-25-27-20-11-5-6-12-21(20)34-25/h2-14H,15-16H2,1H3. The van der Waals surface area contributed by atoms with Crippen molar-refractivity contribution in [2.45, 2.75) is 27.9 Å². The second-order valence-corrected chi connectivity index (χ2v) is 10.9. The number of thiazole rings is 1. The number of rotatable bonds is 7. The number of aromatic nitrogens is 6. The minimum atomic E-state index is 0.690. The zero-order valence-corrected chi connectivity index (χ0v) is 20.8. The molecule has 9 heteroatoms. The summed E-state index contributed by atoms with van der Waals surface area (Å²) in [6, 6.07) is 22.7. The average molecular weight is 501 g/mol. The van der Waals surface area contributed by atoms with Crippen molar-refractivity contribution in [3.05, 3.63) is 96.2 Å². The van der Waals surface area contributed by atoms with Gasteiger partial charge in [0.05, 0.1) is 21.7 Å². The van der Waals surface area contributed by atoms with Crippen molar-refractivity contribution in [2.24, 2.45) is 0 Å². The number of thioether (sulfide) groups is 2. The molecule has 0 bridgehead atoms. The molecule has 168 valence electrons. The Labute approximate surface area is 209 Å². The van der Waals surface area contributed by atoms with Crippen LogP contribution < -0.4 is 0 Å². The molecule has 0 N–H and O–H groups in total. The maximum Gasteiger partial charge on any atom is 0.196 e. The molecule has 34 heavy (non-hydrogen) atoms. The van der Waals surface area contributed by atoms with E-state index < -0.39 is 0 Å². The topological polar surface area (TPSA) is 60.9 Å². The maximum absolute atomic E-state index is 4.81. The molecule has 4 aromatic heterocycles. The van der Waals surface area contributed by atoms with Gasteiger partial charge in [0.1, 0.15) is 11.5 Å². The predicted molar refractivity (Wildman–Crippen MR) is 140 cm³/mol. The van der Waals surface area contributed by atoms with E-state index in [4.69, 9.17) is 9.97 Å². The minimum absolute atomic E-state index is 0.690. The second-order valence-electron chi connectivity index (χ2n) is 7.75. The highest BCUT2D eigenvalue weighted by atomic mass is 32.2. The first-order chi connectivity index (χ1) is 16.7. The lowest BCUT2D eigenvalue weighted by Gasteiger charge is -2.09. The summed E-state index contributed by atoms with van der Waals surface area (Å²) in [7, 11) is 0. The fourth-order valence-electron chi connectivity index (χ4n) is 3.78. The third-order valence-electron chi connectivity index (χ3n) is 5.39. The Hall–Kier alpha value is -3.14. The highest BCUT2D eigenvalue weighted by Gasteiger charge is 2.16. The van der Waals surface area contributed by atoms with E-state index in [9.17, 15) is 0 Å². The molecular formula is C25H20N6S3. The van der Waals surface area contributed by atoms with Crippen LogP contribution in [0.3, 0.4) is 0 Å². The van der Waals surface area contributed by atoms with Crippen molar-refractivity contribution in [1.82, 2.24) is 29.1 Å². The van der Waals surface area contributed by atoms with Crippen molar-refractivity contribution in [2.75, 3.05) is 0 Å². The molecule has 0 aliphatic carbocycles. The molecule has 0 saturated carbocycles. The summed E-state index contributed by atoms with van der Waals surface area (Å²) >= 11 is 5.07. The summed E-state index contributed by atoms with van der Waals surface area (Å²) in [4.78, 5) is 9.56. The molecule has 6 nitrogen and oxygen atoms in total. The number of hydrogen-bond donors (Lipinski definition) is 0.